The lowest BCUT2D eigenvalue weighted by molar-refractivity contribution is -0.164. The van der Waals surface area contributed by atoms with E-state index in [9.17, 15) is 5.11 Å². The maximum Gasteiger partial charge on any atom is 0.0643 e. The summed E-state index contributed by atoms with van der Waals surface area (Å²) in [4.78, 5) is 0. The molecule has 0 spiro atoms. The number of ether oxygens (including phenoxy) is 1. The number of aliphatic hydroxyl groups excluding tert-OH is 1. The summed E-state index contributed by atoms with van der Waals surface area (Å²) in [6.07, 6.45) is 7.74. The number of unbranched alkanes of at least 4 members (excludes halogenated alkanes) is 2. The summed E-state index contributed by atoms with van der Waals surface area (Å²) in [5.74, 6) is 1.45. The fourth-order valence-electron chi connectivity index (χ4n) is 4.27. The van der Waals surface area contributed by atoms with Crippen molar-refractivity contribution in [2.24, 2.45) is 23.2 Å². The summed E-state index contributed by atoms with van der Waals surface area (Å²) in [7, 11) is 0. The lowest BCUT2D eigenvalue weighted by atomic mass is 9.56. The van der Waals surface area contributed by atoms with Gasteiger partial charge in [0.15, 0.2) is 0 Å². The summed E-state index contributed by atoms with van der Waals surface area (Å²) in [5.41, 5.74) is 1.43. The van der Waals surface area contributed by atoms with Crippen LogP contribution in [0.5, 0.6) is 0 Å². The molecule has 2 rings (SSSR count). The van der Waals surface area contributed by atoms with E-state index in [1.807, 2.05) is 0 Å². The topological polar surface area (TPSA) is 29.5 Å². The Bertz CT molecular complexity index is 336. The lowest BCUT2D eigenvalue weighted by Crippen LogP contribution is -2.56. The van der Waals surface area contributed by atoms with E-state index in [-0.39, 0.29) is 12.0 Å². The van der Waals surface area contributed by atoms with Gasteiger partial charge >= 0.3 is 0 Å². The molecule has 0 amide bonds. The monoisotopic (exact) mass is 266 g/mol. The van der Waals surface area contributed by atoms with Crippen LogP contribution in [-0.2, 0) is 4.74 Å². The van der Waals surface area contributed by atoms with Crippen LogP contribution in [0, 0.1) is 23.2 Å². The highest BCUT2D eigenvalue weighted by Gasteiger charge is 2.52. The van der Waals surface area contributed by atoms with Crippen LogP contribution in [0.3, 0.4) is 0 Å². The molecule has 1 fully saturated rings. The van der Waals surface area contributed by atoms with Crippen LogP contribution in [0.25, 0.3) is 0 Å². The second kappa shape index (κ2) is 5.97. The summed E-state index contributed by atoms with van der Waals surface area (Å²) in [5, 5.41) is 9.91. The molecule has 1 N–H and O–H groups in total. The van der Waals surface area contributed by atoms with Crippen molar-refractivity contribution >= 4 is 0 Å². The smallest absolute Gasteiger partial charge is 0.0643 e. The van der Waals surface area contributed by atoms with Gasteiger partial charge in [-0.25, -0.2) is 0 Å². The summed E-state index contributed by atoms with van der Waals surface area (Å²) in [6, 6.07) is 0. The van der Waals surface area contributed by atoms with Crippen molar-refractivity contribution in [3.63, 3.8) is 0 Å². The third-order valence-electron chi connectivity index (χ3n) is 5.74. The van der Waals surface area contributed by atoms with E-state index in [4.69, 9.17) is 4.74 Å². The zero-order valence-electron chi connectivity index (χ0n) is 13.0. The first-order valence-electron chi connectivity index (χ1n) is 7.97. The van der Waals surface area contributed by atoms with Gasteiger partial charge in [-0.2, -0.15) is 0 Å². The van der Waals surface area contributed by atoms with Crippen molar-refractivity contribution in [2.75, 3.05) is 13.2 Å². The Morgan fingerprint density at radius 1 is 1.37 bits per heavy atom. The first-order valence-corrected chi connectivity index (χ1v) is 7.97. The third kappa shape index (κ3) is 2.50. The van der Waals surface area contributed by atoms with Crippen LogP contribution in [0.4, 0.5) is 0 Å². The summed E-state index contributed by atoms with van der Waals surface area (Å²) >= 11 is 0. The Labute approximate surface area is 118 Å². The molecule has 5 unspecified atom stereocenters. The molecular weight excluding hydrogens is 236 g/mol. The first-order chi connectivity index (χ1) is 9.06. The fraction of sp³-hybridized carbons (Fsp3) is 0.882. The molecule has 1 heterocycles. The average molecular weight is 266 g/mol. The van der Waals surface area contributed by atoms with Crippen molar-refractivity contribution in [1.82, 2.24) is 0 Å². The standard InChI is InChI=1S/C17H30O2/c1-5-6-7-8-15-16-12(2)9-13(3)17(10-18,11-19-15)14(16)4/h9,13-16,18H,5-8,10-11H2,1-4H3. The predicted octanol–water partition coefficient (Wildman–Crippen LogP) is 3.79. The van der Waals surface area contributed by atoms with Crippen LogP contribution < -0.4 is 0 Å². The Morgan fingerprint density at radius 2 is 2.11 bits per heavy atom. The minimum absolute atomic E-state index is 0.0502. The van der Waals surface area contributed by atoms with E-state index in [1.54, 1.807) is 0 Å². The third-order valence-corrected chi connectivity index (χ3v) is 5.74. The van der Waals surface area contributed by atoms with Gasteiger partial charge in [-0.05, 0) is 25.2 Å². The molecule has 1 aliphatic carbocycles. The van der Waals surface area contributed by atoms with E-state index >= 15 is 0 Å². The van der Waals surface area contributed by atoms with Gasteiger partial charge in [0.1, 0.15) is 0 Å². The molecule has 19 heavy (non-hydrogen) atoms. The zero-order valence-corrected chi connectivity index (χ0v) is 13.0. The molecular formula is C17H30O2. The van der Waals surface area contributed by atoms with Crippen LogP contribution in [0.1, 0.15) is 53.4 Å². The minimum Gasteiger partial charge on any atom is -0.396 e. The summed E-state index contributed by atoms with van der Waals surface area (Å²) in [6.45, 7) is 10.0. The van der Waals surface area contributed by atoms with Crippen LogP contribution >= 0.6 is 0 Å². The minimum atomic E-state index is -0.0502. The van der Waals surface area contributed by atoms with Crippen LogP contribution in [0.15, 0.2) is 11.6 Å². The zero-order chi connectivity index (χ0) is 14.0. The van der Waals surface area contributed by atoms with Gasteiger partial charge in [0, 0.05) is 11.3 Å². The highest BCUT2D eigenvalue weighted by atomic mass is 16.5. The van der Waals surface area contributed by atoms with Gasteiger partial charge in [0.2, 0.25) is 0 Å². The van der Waals surface area contributed by atoms with Crippen molar-refractivity contribution in [2.45, 2.75) is 59.5 Å². The van der Waals surface area contributed by atoms with Crippen LogP contribution in [0.2, 0.25) is 0 Å². The van der Waals surface area contributed by atoms with E-state index < -0.39 is 0 Å². The highest BCUT2D eigenvalue weighted by Crippen LogP contribution is 2.52. The van der Waals surface area contributed by atoms with Gasteiger partial charge < -0.3 is 9.84 Å². The number of hydrogen-bond acceptors (Lipinski definition) is 2. The molecule has 0 aromatic rings. The van der Waals surface area contributed by atoms with Crippen molar-refractivity contribution in [1.29, 1.82) is 0 Å². The Hall–Kier alpha value is -0.340. The lowest BCUT2D eigenvalue weighted by Gasteiger charge is -2.55. The van der Waals surface area contributed by atoms with Crippen LogP contribution in [-0.4, -0.2) is 24.4 Å². The quantitative estimate of drug-likeness (QED) is 0.606. The van der Waals surface area contributed by atoms with Gasteiger partial charge in [0.05, 0.1) is 19.3 Å². The Morgan fingerprint density at radius 3 is 2.74 bits per heavy atom. The molecule has 1 saturated heterocycles. The normalized spacial score (nSPS) is 42.1. The predicted molar refractivity (Wildman–Crippen MR) is 79.0 cm³/mol. The Kier molecular flexibility index (Phi) is 4.73. The number of aliphatic hydroxyl groups is 1. The van der Waals surface area contributed by atoms with E-state index in [0.29, 0.717) is 23.9 Å². The molecule has 0 aromatic carbocycles. The maximum atomic E-state index is 9.91. The van der Waals surface area contributed by atoms with Gasteiger partial charge in [-0.3, -0.25) is 0 Å². The number of allylic oxidation sites excluding steroid dienone is 1. The largest absolute Gasteiger partial charge is 0.396 e. The van der Waals surface area contributed by atoms with Crippen molar-refractivity contribution in [3.05, 3.63) is 11.6 Å². The van der Waals surface area contributed by atoms with E-state index in [2.05, 4.69) is 33.8 Å². The maximum absolute atomic E-state index is 9.91. The molecule has 5 atom stereocenters. The van der Waals surface area contributed by atoms with Crippen molar-refractivity contribution in [3.8, 4) is 0 Å². The van der Waals surface area contributed by atoms with Gasteiger partial charge in [-0.1, -0.05) is 51.7 Å². The molecule has 2 nitrogen and oxygen atoms in total. The molecule has 2 bridgehead atoms. The van der Waals surface area contributed by atoms with E-state index in [0.717, 1.165) is 6.61 Å². The summed E-state index contributed by atoms with van der Waals surface area (Å²) < 4.78 is 6.20. The molecule has 0 aromatic heterocycles. The first kappa shape index (κ1) is 15.1. The number of fused-ring (bicyclic) bond motifs is 2. The number of hydrogen-bond donors (Lipinski definition) is 1. The molecule has 2 heteroatoms. The Balaban J connectivity index is 2.17. The second-order valence-corrected chi connectivity index (χ2v) is 6.75. The van der Waals surface area contributed by atoms with Crippen molar-refractivity contribution < 1.29 is 9.84 Å². The van der Waals surface area contributed by atoms with Gasteiger partial charge in [-0.15, -0.1) is 0 Å². The number of rotatable bonds is 5. The van der Waals surface area contributed by atoms with Gasteiger partial charge in [0.25, 0.3) is 0 Å². The fourth-order valence-corrected chi connectivity index (χ4v) is 4.27. The molecule has 0 saturated carbocycles. The molecule has 0 radical (unpaired) electrons. The molecule has 1 aliphatic heterocycles. The molecule has 2 aliphatic rings. The average Bonchev–Trinajstić information content (AvgIpc) is 2.38. The highest BCUT2D eigenvalue weighted by molar-refractivity contribution is 5.20. The van der Waals surface area contributed by atoms with E-state index in [1.165, 1.54) is 31.3 Å². The molecule has 110 valence electrons. The SMILES string of the molecule is CCCCCC1OCC2(CO)C(C)C=C(C)C1C2C. The second-order valence-electron chi connectivity index (χ2n) is 6.75.